The molecular formula is C15H23N3O5. The lowest BCUT2D eigenvalue weighted by atomic mass is 10.2. The fourth-order valence-corrected chi connectivity index (χ4v) is 2.49. The second-order valence-corrected chi connectivity index (χ2v) is 5.62. The van der Waals surface area contributed by atoms with Crippen LogP contribution in [0.3, 0.4) is 0 Å². The van der Waals surface area contributed by atoms with E-state index in [0.29, 0.717) is 6.42 Å². The van der Waals surface area contributed by atoms with Crippen molar-refractivity contribution in [1.82, 2.24) is 9.55 Å². The lowest BCUT2D eigenvalue weighted by molar-refractivity contribution is -0.116. The lowest BCUT2D eigenvalue weighted by Crippen LogP contribution is -2.28. The Labute approximate surface area is 134 Å². The van der Waals surface area contributed by atoms with Gasteiger partial charge in [-0.15, -0.1) is 0 Å². The van der Waals surface area contributed by atoms with Crippen LogP contribution in [0.25, 0.3) is 0 Å². The molecule has 1 saturated heterocycles. The van der Waals surface area contributed by atoms with Gasteiger partial charge in [0, 0.05) is 19.0 Å². The molecule has 3 atom stereocenters. The van der Waals surface area contributed by atoms with Gasteiger partial charge < -0.3 is 20.3 Å². The molecule has 1 aliphatic heterocycles. The minimum Gasteiger partial charge on any atom is -0.394 e. The van der Waals surface area contributed by atoms with Crippen LogP contribution >= 0.6 is 0 Å². The fraction of sp³-hybridized carbons (Fsp3) is 0.667. The lowest BCUT2D eigenvalue weighted by Gasteiger charge is -2.14. The van der Waals surface area contributed by atoms with E-state index >= 15 is 0 Å². The van der Waals surface area contributed by atoms with Gasteiger partial charge in [-0.25, -0.2) is 4.79 Å². The predicted molar refractivity (Wildman–Crippen MR) is 82.9 cm³/mol. The van der Waals surface area contributed by atoms with Gasteiger partial charge >= 0.3 is 5.69 Å². The average Bonchev–Trinajstić information content (AvgIpc) is 2.88. The van der Waals surface area contributed by atoms with Gasteiger partial charge in [0.1, 0.15) is 18.1 Å². The molecule has 0 aliphatic carbocycles. The van der Waals surface area contributed by atoms with E-state index in [4.69, 9.17) is 9.84 Å². The molecule has 1 aromatic rings. The van der Waals surface area contributed by atoms with E-state index < -0.39 is 24.1 Å². The number of nitrogens with one attached hydrogen (secondary N) is 1. The molecule has 1 aromatic heterocycles. The number of rotatable bonds is 7. The van der Waals surface area contributed by atoms with Crippen molar-refractivity contribution in [3.63, 3.8) is 0 Å². The summed E-state index contributed by atoms with van der Waals surface area (Å²) < 4.78 is 6.65. The first-order valence-corrected chi connectivity index (χ1v) is 7.88. The van der Waals surface area contributed by atoms with Crippen LogP contribution < -0.4 is 11.0 Å². The third-order valence-corrected chi connectivity index (χ3v) is 3.80. The third kappa shape index (κ3) is 4.60. The van der Waals surface area contributed by atoms with E-state index in [2.05, 4.69) is 17.2 Å². The molecule has 1 amide bonds. The molecule has 2 heterocycles. The number of hydrogen-bond acceptors (Lipinski definition) is 6. The topological polar surface area (TPSA) is 114 Å². The number of hydrogen-bond donors (Lipinski definition) is 3. The van der Waals surface area contributed by atoms with Crippen LogP contribution in [0.2, 0.25) is 0 Å². The summed E-state index contributed by atoms with van der Waals surface area (Å²) in [5.74, 6) is 0.0287. The number of aromatic nitrogens is 2. The van der Waals surface area contributed by atoms with Gasteiger partial charge in [0.2, 0.25) is 5.91 Å². The maximum atomic E-state index is 12.0. The zero-order valence-corrected chi connectivity index (χ0v) is 13.1. The van der Waals surface area contributed by atoms with Crippen molar-refractivity contribution in [1.29, 1.82) is 0 Å². The molecular weight excluding hydrogens is 302 g/mol. The third-order valence-electron chi connectivity index (χ3n) is 3.80. The largest absolute Gasteiger partial charge is 0.394 e. The number of amides is 1. The number of carbonyl (C=O) groups is 1. The molecule has 3 N–H and O–H groups in total. The van der Waals surface area contributed by atoms with Gasteiger partial charge in [0.25, 0.3) is 0 Å². The number of aliphatic hydroxyl groups excluding tert-OH is 2. The molecule has 0 radical (unpaired) electrons. The van der Waals surface area contributed by atoms with Crippen molar-refractivity contribution in [2.45, 2.75) is 57.5 Å². The first kappa shape index (κ1) is 17.6. The number of anilines is 1. The van der Waals surface area contributed by atoms with E-state index in [1.165, 1.54) is 16.8 Å². The summed E-state index contributed by atoms with van der Waals surface area (Å²) in [4.78, 5) is 27.6. The van der Waals surface area contributed by atoms with Gasteiger partial charge in [-0.3, -0.25) is 9.36 Å². The Hall–Kier alpha value is -1.77. The van der Waals surface area contributed by atoms with Crippen LogP contribution in [-0.2, 0) is 9.53 Å². The van der Waals surface area contributed by atoms with E-state index in [9.17, 15) is 14.7 Å². The molecule has 0 aromatic carbocycles. The highest BCUT2D eigenvalue weighted by Crippen LogP contribution is 2.27. The van der Waals surface area contributed by atoms with Crippen LogP contribution in [0.1, 0.15) is 45.3 Å². The van der Waals surface area contributed by atoms with Crippen LogP contribution in [0.4, 0.5) is 5.82 Å². The normalized spacial score (nSPS) is 23.9. The molecule has 0 bridgehead atoms. The summed E-state index contributed by atoms with van der Waals surface area (Å²) in [7, 11) is 0. The fourth-order valence-electron chi connectivity index (χ4n) is 2.49. The zero-order chi connectivity index (χ0) is 16.8. The quantitative estimate of drug-likeness (QED) is 0.625. The zero-order valence-electron chi connectivity index (χ0n) is 13.1. The summed E-state index contributed by atoms with van der Waals surface area (Å²) in [6.45, 7) is 1.74. The standard InChI is InChI=1S/C15H23N3O5/c1-2-3-4-5-13(21)16-12-6-7-18(15(22)17-12)14-8-10(20)11(9-19)23-14/h6-7,10-11,14,19-20H,2-5,8-9H2,1H3,(H,16,17,21,22)/t10-,11+,14+/m0/s1. The SMILES string of the molecule is CCCCCC(=O)Nc1ccn([C@H]2C[C@H](O)[C@@H](CO)O2)c(=O)n1. The first-order chi connectivity index (χ1) is 11.0. The summed E-state index contributed by atoms with van der Waals surface area (Å²) in [5.41, 5.74) is -0.577. The van der Waals surface area contributed by atoms with Crippen LogP contribution in [0.15, 0.2) is 17.1 Å². The van der Waals surface area contributed by atoms with Gasteiger partial charge in [0.15, 0.2) is 0 Å². The molecule has 0 unspecified atom stereocenters. The van der Waals surface area contributed by atoms with E-state index in [1.54, 1.807) is 0 Å². The van der Waals surface area contributed by atoms with Crippen LogP contribution in [0, 0.1) is 0 Å². The number of aliphatic hydroxyl groups is 2. The minimum atomic E-state index is -0.824. The second-order valence-electron chi connectivity index (χ2n) is 5.62. The highest BCUT2D eigenvalue weighted by molar-refractivity contribution is 5.89. The molecule has 8 nitrogen and oxygen atoms in total. The molecule has 1 fully saturated rings. The highest BCUT2D eigenvalue weighted by Gasteiger charge is 2.34. The van der Waals surface area contributed by atoms with E-state index in [0.717, 1.165) is 19.3 Å². The summed E-state index contributed by atoms with van der Waals surface area (Å²) in [6.07, 6.45) is 2.68. The Balaban J connectivity index is 1.98. The van der Waals surface area contributed by atoms with Gasteiger partial charge in [-0.2, -0.15) is 4.98 Å². The van der Waals surface area contributed by atoms with Crippen molar-refractivity contribution in [2.75, 3.05) is 11.9 Å². The molecule has 0 spiro atoms. The number of ether oxygens (including phenoxy) is 1. The highest BCUT2D eigenvalue weighted by atomic mass is 16.5. The average molecular weight is 325 g/mol. The molecule has 128 valence electrons. The van der Waals surface area contributed by atoms with E-state index in [-0.39, 0.29) is 24.8 Å². The maximum Gasteiger partial charge on any atom is 0.351 e. The number of nitrogens with zero attached hydrogens (tertiary/aromatic N) is 2. The van der Waals surface area contributed by atoms with Crippen LogP contribution in [-0.4, -0.2) is 44.5 Å². The monoisotopic (exact) mass is 325 g/mol. The Bertz CT molecular complexity index is 589. The van der Waals surface area contributed by atoms with Crippen molar-refractivity contribution in [3.05, 3.63) is 22.7 Å². The Morgan fingerprint density at radius 2 is 2.30 bits per heavy atom. The van der Waals surface area contributed by atoms with Gasteiger partial charge in [0.05, 0.1) is 12.7 Å². The Morgan fingerprint density at radius 1 is 1.52 bits per heavy atom. The van der Waals surface area contributed by atoms with Gasteiger partial charge in [-0.05, 0) is 12.5 Å². The van der Waals surface area contributed by atoms with Crippen molar-refractivity contribution in [3.8, 4) is 0 Å². The molecule has 23 heavy (non-hydrogen) atoms. The smallest absolute Gasteiger partial charge is 0.351 e. The minimum absolute atomic E-state index is 0.170. The first-order valence-electron chi connectivity index (χ1n) is 7.88. The summed E-state index contributed by atoms with van der Waals surface area (Å²) in [5, 5.41) is 21.4. The van der Waals surface area contributed by atoms with E-state index in [1.807, 2.05) is 0 Å². The Kier molecular flexibility index (Phi) is 6.26. The molecule has 1 aliphatic rings. The molecule has 8 heteroatoms. The Morgan fingerprint density at radius 3 is 2.91 bits per heavy atom. The molecule has 2 rings (SSSR count). The van der Waals surface area contributed by atoms with Crippen molar-refractivity contribution < 1.29 is 19.7 Å². The second kappa shape index (κ2) is 8.19. The van der Waals surface area contributed by atoms with Crippen molar-refractivity contribution in [2.24, 2.45) is 0 Å². The summed E-state index contributed by atoms with van der Waals surface area (Å²) in [6, 6.07) is 1.52. The number of carbonyl (C=O) groups excluding carboxylic acids is 1. The van der Waals surface area contributed by atoms with Gasteiger partial charge in [-0.1, -0.05) is 19.8 Å². The summed E-state index contributed by atoms with van der Waals surface area (Å²) >= 11 is 0. The molecule has 0 saturated carbocycles. The predicted octanol–water partition coefficient (Wildman–Crippen LogP) is 0.403. The maximum absolute atomic E-state index is 12.0. The van der Waals surface area contributed by atoms with Crippen LogP contribution in [0.5, 0.6) is 0 Å². The number of unbranched alkanes of at least 4 members (excludes halogenated alkanes) is 2. The van der Waals surface area contributed by atoms with Crippen molar-refractivity contribution >= 4 is 11.7 Å².